The Morgan fingerprint density at radius 2 is 1.79 bits per heavy atom. The SMILES string of the molecule is C=CCc1cc(O)c(O)c(OCc2ccccc2)c1. The Morgan fingerprint density at radius 3 is 2.47 bits per heavy atom. The molecule has 0 aliphatic carbocycles. The lowest BCUT2D eigenvalue weighted by Gasteiger charge is -2.11. The van der Waals surface area contributed by atoms with Gasteiger partial charge in [-0.2, -0.15) is 0 Å². The summed E-state index contributed by atoms with van der Waals surface area (Å²) < 4.78 is 5.55. The molecule has 2 N–H and O–H groups in total. The van der Waals surface area contributed by atoms with Crippen molar-refractivity contribution >= 4 is 0 Å². The number of benzene rings is 2. The average Bonchev–Trinajstić information content (AvgIpc) is 2.42. The number of hydrogen-bond acceptors (Lipinski definition) is 3. The van der Waals surface area contributed by atoms with Crippen molar-refractivity contribution in [1.82, 2.24) is 0 Å². The minimum Gasteiger partial charge on any atom is -0.504 e. The monoisotopic (exact) mass is 256 g/mol. The van der Waals surface area contributed by atoms with Crippen LogP contribution in [0.15, 0.2) is 55.1 Å². The zero-order valence-corrected chi connectivity index (χ0v) is 10.5. The average molecular weight is 256 g/mol. The lowest BCUT2D eigenvalue weighted by molar-refractivity contribution is 0.282. The molecule has 0 saturated carbocycles. The molecule has 0 amide bonds. The second kappa shape index (κ2) is 5.96. The highest BCUT2D eigenvalue weighted by atomic mass is 16.5. The van der Waals surface area contributed by atoms with Gasteiger partial charge in [-0.15, -0.1) is 6.58 Å². The second-order valence-corrected chi connectivity index (χ2v) is 4.23. The van der Waals surface area contributed by atoms with Crippen LogP contribution in [0.25, 0.3) is 0 Å². The number of allylic oxidation sites excluding steroid dienone is 1. The Balaban J connectivity index is 2.17. The molecule has 0 atom stereocenters. The van der Waals surface area contributed by atoms with Crippen molar-refractivity contribution in [1.29, 1.82) is 0 Å². The van der Waals surface area contributed by atoms with Crippen molar-refractivity contribution in [3.63, 3.8) is 0 Å². The van der Waals surface area contributed by atoms with Crippen molar-refractivity contribution in [2.45, 2.75) is 13.0 Å². The zero-order valence-electron chi connectivity index (χ0n) is 10.5. The van der Waals surface area contributed by atoms with Gasteiger partial charge in [0.05, 0.1) is 0 Å². The maximum Gasteiger partial charge on any atom is 0.200 e. The fourth-order valence-electron chi connectivity index (χ4n) is 1.78. The summed E-state index contributed by atoms with van der Waals surface area (Å²) >= 11 is 0. The molecule has 0 aliphatic rings. The largest absolute Gasteiger partial charge is 0.504 e. The van der Waals surface area contributed by atoms with Crippen molar-refractivity contribution in [3.8, 4) is 17.2 Å². The van der Waals surface area contributed by atoms with E-state index in [1.165, 1.54) is 6.07 Å². The van der Waals surface area contributed by atoms with Crippen LogP contribution in [0.2, 0.25) is 0 Å². The summed E-state index contributed by atoms with van der Waals surface area (Å²) in [6.45, 7) is 3.99. The maximum absolute atomic E-state index is 9.77. The van der Waals surface area contributed by atoms with Gasteiger partial charge in [-0.25, -0.2) is 0 Å². The number of phenolic OH excluding ortho intramolecular Hbond substituents is 2. The Kier molecular flexibility index (Phi) is 4.08. The fourth-order valence-corrected chi connectivity index (χ4v) is 1.78. The summed E-state index contributed by atoms with van der Waals surface area (Å²) in [6.07, 6.45) is 2.34. The van der Waals surface area contributed by atoms with Gasteiger partial charge in [-0.05, 0) is 29.7 Å². The third kappa shape index (κ3) is 3.28. The summed E-state index contributed by atoms with van der Waals surface area (Å²) in [4.78, 5) is 0. The third-order valence-corrected chi connectivity index (χ3v) is 2.73. The number of phenols is 2. The lowest BCUT2D eigenvalue weighted by atomic mass is 10.1. The molecule has 0 aliphatic heterocycles. The van der Waals surface area contributed by atoms with Gasteiger partial charge in [0.25, 0.3) is 0 Å². The van der Waals surface area contributed by atoms with E-state index in [1.807, 2.05) is 30.3 Å². The third-order valence-electron chi connectivity index (χ3n) is 2.73. The summed E-state index contributed by atoms with van der Waals surface area (Å²) in [7, 11) is 0. The quantitative estimate of drug-likeness (QED) is 0.636. The van der Waals surface area contributed by atoms with Gasteiger partial charge in [-0.1, -0.05) is 36.4 Å². The first kappa shape index (κ1) is 13.0. The standard InChI is InChI=1S/C16H16O3/c1-2-6-13-9-14(17)16(18)15(10-13)19-11-12-7-4-3-5-8-12/h2-5,7-10,17-18H,1,6,11H2. The molecule has 0 aromatic heterocycles. The number of aromatic hydroxyl groups is 2. The van der Waals surface area contributed by atoms with Gasteiger partial charge in [0, 0.05) is 0 Å². The van der Waals surface area contributed by atoms with Crippen LogP contribution in [0.1, 0.15) is 11.1 Å². The Morgan fingerprint density at radius 1 is 1.05 bits per heavy atom. The minimum atomic E-state index is -0.233. The second-order valence-electron chi connectivity index (χ2n) is 4.23. The molecule has 0 saturated heterocycles. The van der Waals surface area contributed by atoms with E-state index >= 15 is 0 Å². The van der Waals surface area contributed by atoms with Crippen molar-refractivity contribution in [2.75, 3.05) is 0 Å². The Labute approximate surface area is 112 Å². The Hall–Kier alpha value is -2.42. The lowest BCUT2D eigenvalue weighted by Crippen LogP contribution is -1.96. The Bertz CT molecular complexity index is 562. The van der Waals surface area contributed by atoms with Gasteiger partial charge in [0.15, 0.2) is 11.5 Å². The molecule has 0 radical (unpaired) electrons. The molecular weight excluding hydrogens is 240 g/mol. The molecule has 0 bridgehead atoms. The highest BCUT2D eigenvalue weighted by Gasteiger charge is 2.10. The van der Waals surface area contributed by atoms with Crippen LogP contribution in [-0.2, 0) is 13.0 Å². The predicted octanol–water partition coefficient (Wildman–Crippen LogP) is 3.41. The summed E-state index contributed by atoms with van der Waals surface area (Å²) in [6, 6.07) is 12.9. The van der Waals surface area contributed by atoms with E-state index in [9.17, 15) is 10.2 Å². The molecule has 0 heterocycles. The van der Waals surface area contributed by atoms with Crippen molar-refractivity contribution in [2.24, 2.45) is 0 Å². The van der Waals surface area contributed by atoms with Gasteiger partial charge in [0.2, 0.25) is 5.75 Å². The van der Waals surface area contributed by atoms with Crippen molar-refractivity contribution in [3.05, 3.63) is 66.2 Å². The van der Waals surface area contributed by atoms with E-state index in [0.717, 1.165) is 11.1 Å². The van der Waals surface area contributed by atoms with Crippen LogP contribution in [0.4, 0.5) is 0 Å². The summed E-state index contributed by atoms with van der Waals surface area (Å²) in [5.41, 5.74) is 1.84. The van der Waals surface area contributed by atoms with Crippen LogP contribution in [0.5, 0.6) is 17.2 Å². The highest BCUT2D eigenvalue weighted by Crippen LogP contribution is 2.37. The molecule has 3 heteroatoms. The summed E-state index contributed by atoms with van der Waals surface area (Å²) in [5, 5.41) is 19.4. The minimum absolute atomic E-state index is 0.178. The number of ether oxygens (including phenoxy) is 1. The molecule has 0 fully saturated rings. The van der Waals surface area contributed by atoms with Crippen LogP contribution in [-0.4, -0.2) is 10.2 Å². The summed E-state index contributed by atoms with van der Waals surface area (Å²) in [5.74, 6) is -0.133. The van der Waals surface area contributed by atoms with Gasteiger partial charge >= 0.3 is 0 Å². The molecule has 19 heavy (non-hydrogen) atoms. The molecule has 2 rings (SSSR count). The van der Waals surface area contributed by atoms with Gasteiger partial charge in [-0.3, -0.25) is 0 Å². The maximum atomic E-state index is 9.77. The van der Waals surface area contributed by atoms with E-state index < -0.39 is 0 Å². The molecular formula is C16H16O3. The predicted molar refractivity (Wildman–Crippen MR) is 74.4 cm³/mol. The van der Waals surface area contributed by atoms with Crippen LogP contribution < -0.4 is 4.74 Å². The molecule has 98 valence electrons. The first-order valence-corrected chi connectivity index (χ1v) is 6.03. The van der Waals surface area contributed by atoms with E-state index in [-0.39, 0.29) is 17.2 Å². The highest BCUT2D eigenvalue weighted by molar-refractivity contribution is 5.52. The van der Waals surface area contributed by atoms with Gasteiger partial charge in [0.1, 0.15) is 6.61 Å². The number of rotatable bonds is 5. The smallest absolute Gasteiger partial charge is 0.200 e. The zero-order chi connectivity index (χ0) is 13.7. The molecule has 3 nitrogen and oxygen atoms in total. The van der Waals surface area contributed by atoms with E-state index in [1.54, 1.807) is 12.1 Å². The van der Waals surface area contributed by atoms with E-state index in [0.29, 0.717) is 13.0 Å². The normalized spacial score (nSPS) is 10.1. The van der Waals surface area contributed by atoms with E-state index in [4.69, 9.17) is 4.74 Å². The van der Waals surface area contributed by atoms with Crippen LogP contribution >= 0.6 is 0 Å². The van der Waals surface area contributed by atoms with Gasteiger partial charge < -0.3 is 14.9 Å². The molecule has 0 unspecified atom stereocenters. The molecule has 0 spiro atoms. The first-order chi connectivity index (χ1) is 9.20. The fraction of sp³-hybridized carbons (Fsp3) is 0.125. The van der Waals surface area contributed by atoms with Crippen LogP contribution in [0, 0.1) is 0 Å². The van der Waals surface area contributed by atoms with Crippen molar-refractivity contribution < 1.29 is 14.9 Å². The topological polar surface area (TPSA) is 49.7 Å². The molecule has 2 aromatic rings. The number of hydrogen-bond donors (Lipinski definition) is 2. The molecule has 2 aromatic carbocycles. The van der Waals surface area contributed by atoms with Crippen LogP contribution in [0.3, 0.4) is 0 Å². The first-order valence-electron chi connectivity index (χ1n) is 6.03. The van der Waals surface area contributed by atoms with E-state index in [2.05, 4.69) is 6.58 Å².